The summed E-state index contributed by atoms with van der Waals surface area (Å²) in [5.41, 5.74) is 0.919. The van der Waals surface area contributed by atoms with E-state index in [0.29, 0.717) is 17.9 Å². The van der Waals surface area contributed by atoms with Crippen LogP contribution in [-0.2, 0) is 15.7 Å². The second-order valence-corrected chi connectivity index (χ2v) is 11.0. The van der Waals surface area contributed by atoms with Gasteiger partial charge in [0.2, 0.25) is 5.91 Å². The first-order valence-corrected chi connectivity index (χ1v) is 15.1. The average Bonchev–Trinajstić information content (AvgIpc) is 2.81. The van der Waals surface area contributed by atoms with Crippen LogP contribution in [0.5, 0.6) is 0 Å². The summed E-state index contributed by atoms with van der Waals surface area (Å²) in [6.45, 7) is 2.05. The zero-order valence-corrected chi connectivity index (χ0v) is 23.0. The molecule has 0 fully saturated rings. The van der Waals surface area contributed by atoms with Crippen molar-refractivity contribution in [2.75, 3.05) is 6.61 Å². The minimum atomic E-state index is -4.36. The number of carbonyl (C=O) groups excluding carboxylic acids is 1. The second kappa shape index (κ2) is 20.1. The maximum Gasteiger partial charge on any atom is 0.567 e. The van der Waals surface area contributed by atoms with E-state index in [1.165, 1.54) is 57.8 Å². The van der Waals surface area contributed by atoms with Gasteiger partial charge < -0.3 is 5.32 Å². The number of allylic oxidation sites excluding steroid dienone is 2. The molecule has 1 aromatic rings. The first kappa shape index (κ1) is 32.0. The zero-order chi connectivity index (χ0) is 25.8. The van der Waals surface area contributed by atoms with Crippen molar-refractivity contribution in [2.24, 2.45) is 0 Å². The molecule has 0 aliphatic rings. The molecule has 1 rings (SSSR count). The quantitative estimate of drug-likeness (QED) is 0.0773. The van der Waals surface area contributed by atoms with Gasteiger partial charge in [-0.25, -0.2) is 0 Å². The molecule has 0 unspecified atom stereocenters. The molecule has 1 aromatic carbocycles. The lowest BCUT2D eigenvalue weighted by molar-refractivity contribution is -0.122. The van der Waals surface area contributed by atoms with Crippen LogP contribution in [0, 0.1) is 0 Å². The highest BCUT2D eigenvalue weighted by Gasteiger charge is 2.34. The molecule has 0 aromatic heterocycles. The highest BCUT2D eigenvalue weighted by Crippen LogP contribution is 2.45. The molecule has 0 saturated heterocycles. The van der Waals surface area contributed by atoms with Crippen molar-refractivity contribution in [1.82, 2.24) is 5.32 Å². The molecule has 200 valence electrons. The van der Waals surface area contributed by atoms with Crippen LogP contribution in [0.3, 0.4) is 0 Å². The number of amides is 1. The Morgan fingerprint density at radius 2 is 1.46 bits per heavy atom. The highest BCUT2D eigenvalue weighted by molar-refractivity contribution is 7.53. The Kier molecular flexibility index (Phi) is 18.4. The van der Waals surface area contributed by atoms with Gasteiger partial charge in [-0.1, -0.05) is 94.2 Å². The van der Waals surface area contributed by atoms with Crippen LogP contribution < -0.4 is 5.32 Å². The van der Waals surface area contributed by atoms with Crippen molar-refractivity contribution in [2.45, 2.75) is 109 Å². The minimum Gasteiger partial charge on any atom is -0.351 e. The Labute approximate surface area is 217 Å². The number of carbonyl (C=O) groups is 1. The maximum absolute atomic E-state index is 12.4. The fourth-order valence-corrected chi connectivity index (χ4v) is 4.41. The molecule has 0 spiro atoms. The summed E-state index contributed by atoms with van der Waals surface area (Å²) < 4.78 is 4.75. The van der Waals surface area contributed by atoms with E-state index in [4.69, 9.17) is 30.8 Å². The first-order chi connectivity index (χ1) is 16.8. The van der Waals surface area contributed by atoms with Gasteiger partial charge in [-0.2, -0.15) is 19.2 Å². The predicted octanol–water partition coefficient (Wildman–Crippen LogP) is 7.08. The number of hydrogen-bond acceptors (Lipinski definition) is 5. The van der Waals surface area contributed by atoms with Crippen molar-refractivity contribution in [3.05, 3.63) is 47.0 Å². The SMILES string of the molecule is CCCCCCCC/C=C\CCCCCCCC(=O)N[C@@H](CO[P+](O)(O)O)Cc1ccc(Cl)cc1. The van der Waals surface area contributed by atoms with Gasteiger partial charge in [-0.05, 0) is 56.2 Å². The topological polar surface area (TPSA) is 99.0 Å². The van der Waals surface area contributed by atoms with Gasteiger partial charge in [-0.15, -0.1) is 0 Å². The Hall–Kier alpha value is -1.01. The molecular weight excluding hydrogens is 485 g/mol. The summed E-state index contributed by atoms with van der Waals surface area (Å²) >= 11 is 5.92. The van der Waals surface area contributed by atoms with Gasteiger partial charge >= 0.3 is 8.17 Å². The molecule has 8 heteroatoms. The Bertz CT molecular complexity index is 694. The lowest BCUT2D eigenvalue weighted by Gasteiger charge is -2.18. The normalized spacial score (nSPS) is 12.8. The molecule has 1 amide bonds. The van der Waals surface area contributed by atoms with Crippen LogP contribution in [0.25, 0.3) is 0 Å². The van der Waals surface area contributed by atoms with Crippen molar-refractivity contribution >= 4 is 25.7 Å². The van der Waals surface area contributed by atoms with Crippen LogP contribution in [0.1, 0.15) is 102 Å². The van der Waals surface area contributed by atoms with Crippen molar-refractivity contribution < 1.29 is 24.0 Å². The van der Waals surface area contributed by atoms with E-state index < -0.39 is 14.2 Å². The van der Waals surface area contributed by atoms with Crippen molar-refractivity contribution in [3.63, 3.8) is 0 Å². The van der Waals surface area contributed by atoms with Gasteiger partial charge in [-0.3, -0.25) is 4.79 Å². The number of rotatable bonds is 21. The first-order valence-electron chi connectivity index (χ1n) is 13.2. The molecule has 35 heavy (non-hydrogen) atoms. The summed E-state index contributed by atoms with van der Waals surface area (Å²) in [7, 11) is -4.36. The summed E-state index contributed by atoms with van der Waals surface area (Å²) in [5, 5.41) is 3.49. The van der Waals surface area contributed by atoms with Crippen LogP contribution in [0.15, 0.2) is 36.4 Å². The third-order valence-electron chi connectivity index (χ3n) is 5.88. The Morgan fingerprint density at radius 3 is 2.03 bits per heavy atom. The van der Waals surface area contributed by atoms with Crippen molar-refractivity contribution in [1.29, 1.82) is 0 Å². The molecule has 0 saturated carbocycles. The van der Waals surface area contributed by atoms with Gasteiger partial charge in [0, 0.05) is 11.4 Å². The number of nitrogens with one attached hydrogen (secondary N) is 1. The zero-order valence-electron chi connectivity index (χ0n) is 21.3. The molecule has 0 aliphatic heterocycles. The highest BCUT2D eigenvalue weighted by atomic mass is 35.5. The van der Waals surface area contributed by atoms with E-state index in [-0.39, 0.29) is 12.5 Å². The lowest BCUT2D eigenvalue weighted by atomic mass is 10.1. The third-order valence-corrected chi connectivity index (χ3v) is 6.62. The molecule has 0 aliphatic carbocycles. The summed E-state index contributed by atoms with van der Waals surface area (Å²) in [6, 6.07) is 6.69. The fraction of sp³-hybridized carbons (Fsp3) is 0.667. The predicted molar refractivity (Wildman–Crippen MR) is 146 cm³/mol. The van der Waals surface area contributed by atoms with E-state index in [9.17, 15) is 4.79 Å². The molecule has 0 bridgehead atoms. The number of halogens is 1. The molecule has 0 radical (unpaired) electrons. The van der Waals surface area contributed by atoms with Gasteiger partial charge in [0.25, 0.3) is 0 Å². The van der Waals surface area contributed by atoms with Crippen LogP contribution in [0.2, 0.25) is 5.02 Å². The molecule has 0 heterocycles. The molecule has 6 nitrogen and oxygen atoms in total. The van der Waals surface area contributed by atoms with Gasteiger partial charge in [0.05, 0.1) is 6.04 Å². The maximum atomic E-state index is 12.4. The largest absolute Gasteiger partial charge is 0.567 e. The third kappa shape index (κ3) is 19.8. The van der Waals surface area contributed by atoms with E-state index in [0.717, 1.165) is 31.2 Å². The number of unbranched alkanes of at least 4 members (excludes halogenated alkanes) is 11. The summed E-state index contributed by atoms with van der Waals surface area (Å²) in [6.07, 6.45) is 21.1. The molecule has 1 atom stereocenters. The van der Waals surface area contributed by atoms with E-state index in [1.807, 2.05) is 12.1 Å². The second-order valence-electron chi connectivity index (χ2n) is 9.24. The van der Waals surface area contributed by atoms with Gasteiger partial charge in [0.15, 0.2) is 0 Å². The van der Waals surface area contributed by atoms with Gasteiger partial charge in [0.1, 0.15) is 6.61 Å². The monoisotopic (exact) mass is 530 g/mol. The van der Waals surface area contributed by atoms with Crippen LogP contribution in [0.4, 0.5) is 0 Å². The van der Waals surface area contributed by atoms with Crippen molar-refractivity contribution in [3.8, 4) is 0 Å². The Balaban J connectivity index is 2.15. The average molecular weight is 531 g/mol. The molecular formula is C27H46ClNO5P+. The van der Waals surface area contributed by atoms with E-state index in [1.54, 1.807) is 12.1 Å². The minimum absolute atomic E-state index is 0.108. The summed E-state index contributed by atoms with van der Waals surface area (Å²) in [5.74, 6) is -0.108. The number of hydrogen-bond donors (Lipinski definition) is 4. The Morgan fingerprint density at radius 1 is 0.914 bits per heavy atom. The number of benzene rings is 1. The molecule has 4 N–H and O–H groups in total. The summed E-state index contributed by atoms with van der Waals surface area (Å²) in [4.78, 5) is 39.7. The smallest absolute Gasteiger partial charge is 0.351 e. The van der Waals surface area contributed by atoms with E-state index in [2.05, 4.69) is 24.4 Å². The van der Waals surface area contributed by atoms with Crippen LogP contribution >= 0.6 is 19.8 Å². The van der Waals surface area contributed by atoms with E-state index >= 15 is 0 Å². The lowest BCUT2D eigenvalue weighted by Crippen LogP contribution is -2.39. The van der Waals surface area contributed by atoms with Crippen LogP contribution in [-0.4, -0.2) is 33.2 Å². The standard InChI is InChI=1S/C27H45ClNO5P/c1-2-3-4-5-6-7-8-9-10-11-12-13-14-15-16-17-27(30)29-26(23-34-35(31,32)33)22-24-18-20-25(28)21-19-24/h9-10,18-21,26,31-33H,2-8,11-17,22-23H2,1H3/p+1/b10-9-/t26-/m1/s1. The fourth-order valence-electron chi connectivity index (χ4n) is 3.90.